The highest BCUT2D eigenvalue weighted by molar-refractivity contribution is 6.11. The maximum Gasteiger partial charge on any atom is 0.165 e. The van der Waals surface area contributed by atoms with E-state index in [0.717, 1.165) is 38.8 Å². The van der Waals surface area contributed by atoms with Gasteiger partial charge in [0.25, 0.3) is 0 Å². The van der Waals surface area contributed by atoms with Crippen LogP contribution in [0.25, 0.3) is 71.9 Å². The first kappa shape index (κ1) is 23.4. The van der Waals surface area contributed by atoms with Crippen molar-refractivity contribution in [3.8, 4) is 33.5 Å². The molecular formula is C39H27N3. The molecule has 9 rings (SSSR count). The SMILES string of the molecule is CC1(C)c2ccccc2-c2c1cc(-c1ccc(-c3nc4c(nc5ccccn54)c4ccccc34)cc1)c1ccccc21. The molecule has 42 heavy (non-hydrogen) atoms. The Labute approximate surface area is 243 Å². The zero-order valence-corrected chi connectivity index (χ0v) is 23.5. The van der Waals surface area contributed by atoms with E-state index in [-0.39, 0.29) is 5.41 Å². The fourth-order valence-electron chi connectivity index (χ4n) is 7.15. The van der Waals surface area contributed by atoms with E-state index in [1.54, 1.807) is 0 Å². The second-order valence-corrected chi connectivity index (χ2v) is 11.9. The van der Waals surface area contributed by atoms with E-state index >= 15 is 0 Å². The molecule has 0 saturated carbocycles. The second-order valence-electron chi connectivity index (χ2n) is 11.9. The van der Waals surface area contributed by atoms with E-state index in [1.165, 1.54) is 44.2 Å². The molecule has 0 saturated heterocycles. The van der Waals surface area contributed by atoms with Crippen molar-refractivity contribution in [3.05, 3.63) is 139 Å². The van der Waals surface area contributed by atoms with Gasteiger partial charge in [-0.2, -0.15) is 0 Å². The predicted molar refractivity (Wildman–Crippen MR) is 174 cm³/mol. The van der Waals surface area contributed by atoms with Gasteiger partial charge in [-0.25, -0.2) is 9.97 Å². The molecule has 0 fully saturated rings. The number of hydrogen-bond donors (Lipinski definition) is 0. The Kier molecular flexibility index (Phi) is 4.67. The largest absolute Gasteiger partial charge is 0.284 e. The number of nitrogens with zero attached hydrogens (tertiary/aromatic N) is 3. The average molecular weight is 538 g/mol. The molecule has 0 spiro atoms. The molecule has 3 heterocycles. The van der Waals surface area contributed by atoms with Gasteiger partial charge in [0, 0.05) is 27.9 Å². The van der Waals surface area contributed by atoms with Gasteiger partial charge < -0.3 is 0 Å². The molecular weight excluding hydrogens is 510 g/mol. The average Bonchev–Trinajstić information content (AvgIpc) is 3.53. The Bertz CT molecular complexity index is 2380. The van der Waals surface area contributed by atoms with Gasteiger partial charge in [-0.05, 0) is 62.4 Å². The number of aromatic nitrogens is 3. The molecule has 1 aliphatic carbocycles. The van der Waals surface area contributed by atoms with E-state index in [9.17, 15) is 0 Å². The summed E-state index contributed by atoms with van der Waals surface area (Å²) in [6, 6.07) is 43.7. The molecule has 8 aromatic rings. The van der Waals surface area contributed by atoms with Crippen LogP contribution in [0.1, 0.15) is 25.0 Å². The van der Waals surface area contributed by atoms with E-state index < -0.39 is 0 Å². The highest BCUT2D eigenvalue weighted by Crippen LogP contribution is 2.53. The van der Waals surface area contributed by atoms with E-state index in [1.807, 2.05) is 24.4 Å². The molecule has 0 radical (unpaired) electrons. The standard InChI is InChI=1S/C39H27N3/c1-39(2)32-16-8-7-15-30(32)35-27-12-4-3-11-26(27)31(23-33(35)39)24-18-20-25(21-19-24)36-28-13-5-6-14-29(28)37-38(41-36)42-22-10-9-17-34(42)40-37/h3-23H,1-2H3. The van der Waals surface area contributed by atoms with Gasteiger partial charge in [-0.3, -0.25) is 4.40 Å². The summed E-state index contributed by atoms with van der Waals surface area (Å²) >= 11 is 0. The summed E-state index contributed by atoms with van der Waals surface area (Å²) in [7, 11) is 0. The summed E-state index contributed by atoms with van der Waals surface area (Å²) in [5, 5.41) is 4.84. The molecule has 3 aromatic heterocycles. The number of fused-ring (bicyclic) bond motifs is 10. The van der Waals surface area contributed by atoms with Crippen LogP contribution in [0.15, 0.2) is 128 Å². The summed E-state index contributed by atoms with van der Waals surface area (Å²) in [6.07, 6.45) is 2.04. The summed E-state index contributed by atoms with van der Waals surface area (Å²) in [6.45, 7) is 4.71. The highest BCUT2D eigenvalue weighted by Gasteiger charge is 2.36. The Balaban J connectivity index is 1.24. The molecule has 0 amide bonds. The lowest BCUT2D eigenvalue weighted by molar-refractivity contribution is 0.661. The first-order valence-electron chi connectivity index (χ1n) is 14.5. The van der Waals surface area contributed by atoms with Crippen molar-refractivity contribution in [1.82, 2.24) is 14.4 Å². The number of rotatable bonds is 2. The third-order valence-corrected chi connectivity index (χ3v) is 9.22. The molecule has 0 atom stereocenters. The number of pyridine rings is 2. The second kappa shape index (κ2) is 8.37. The lowest BCUT2D eigenvalue weighted by Gasteiger charge is -2.23. The van der Waals surface area contributed by atoms with Gasteiger partial charge in [0.15, 0.2) is 5.65 Å². The molecule has 198 valence electrons. The van der Waals surface area contributed by atoms with Crippen molar-refractivity contribution in [1.29, 1.82) is 0 Å². The van der Waals surface area contributed by atoms with Gasteiger partial charge in [0.1, 0.15) is 11.2 Å². The summed E-state index contributed by atoms with van der Waals surface area (Å²) < 4.78 is 2.08. The van der Waals surface area contributed by atoms with Crippen molar-refractivity contribution in [2.75, 3.05) is 0 Å². The summed E-state index contributed by atoms with van der Waals surface area (Å²) in [5.41, 5.74) is 12.8. The minimum Gasteiger partial charge on any atom is -0.284 e. The Morgan fingerprint density at radius 2 is 1.21 bits per heavy atom. The fourth-order valence-corrected chi connectivity index (χ4v) is 7.15. The molecule has 0 aliphatic heterocycles. The molecule has 5 aromatic carbocycles. The Morgan fingerprint density at radius 1 is 0.548 bits per heavy atom. The molecule has 3 heteroatoms. The number of imidazole rings is 1. The van der Waals surface area contributed by atoms with Gasteiger partial charge in [0.2, 0.25) is 0 Å². The minimum absolute atomic E-state index is 0.0586. The maximum atomic E-state index is 5.20. The normalized spacial score (nSPS) is 13.7. The van der Waals surface area contributed by atoms with Crippen LogP contribution in [0, 0.1) is 0 Å². The van der Waals surface area contributed by atoms with Crippen LogP contribution in [-0.4, -0.2) is 14.4 Å². The lowest BCUT2D eigenvalue weighted by atomic mass is 9.80. The van der Waals surface area contributed by atoms with Crippen molar-refractivity contribution < 1.29 is 0 Å². The van der Waals surface area contributed by atoms with Crippen molar-refractivity contribution in [3.63, 3.8) is 0 Å². The predicted octanol–water partition coefficient (Wildman–Crippen LogP) is 9.83. The Morgan fingerprint density at radius 3 is 2.05 bits per heavy atom. The first-order chi connectivity index (χ1) is 20.6. The van der Waals surface area contributed by atoms with Crippen LogP contribution in [0.3, 0.4) is 0 Å². The topological polar surface area (TPSA) is 30.2 Å². The monoisotopic (exact) mass is 537 g/mol. The van der Waals surface area contributed by atoms with Crippen LogP contribution < -0.4 is 0 Å². The van der Waals surface area contributed by atoms with E-state index in [2.05, 4.69) is 121 Å². The molecule has 0 bridgehead atoms. The summed E-state index contributed by atoms with van der Waals surface area (Å²) in [4.78, 5) is 10.1. The zero-order valence-electron chi connectivity index (χ0n) is 23.5. The van der Waals surface area contributed by atoms with Crippen molar-refractivity contribution >= 4 is 38.4 Å². The van der Waals surface area contributed by atoms with Crippen LogP contribution in [-0.2, 0) is 5.41 Å². The van der Waals surface area contributed by atoms with Crippen LogP contribution in [0.2, 0.25) is 0 Å². The van der Waals surface area contributed by atoms with Crippen molar-refractivity contribution in [2.45, 2.75) is 19.3 Å². The quantitative estimate of drug-likeness (QED) is 0.220. The maximum absolute atomic E-state index is 5.20. The Hall–Kier alpha value is -5.28. The lowest BCUT2D eigenvalue weighted by Crippen LogP contribution is -2.15. The summed E-state index contributed by atoms with van der Waals surface area (Å²) in [5.74, 6) is 0. The van der Waals surface area contributed by atoms with Crippen LogP contribution >= 0.6 is 0 Å². The molecule has 0 unspecified atom stereocenters. The van der Waals surface area contributed by atoms with E-state index in [4.69, 9.17) is 9.97 Å². The van der Waals surface area contributed by atoms with Crippen LogP contribution in [0.5, 0.6) is 0 Å². The van der Waals surface area contributed by atoms with Gasteiger partial charge in [0.05, 0.1) is 5.69 Å². The number of hydrogen-bond acceptors (Lipinski definition) is 2. The fraction of sp³-hybridized carbons (Fsp3) is 0.0769. The third kappa shape index (κ3) is 3.11. The third-order valence-electron chi connectivity index (χ3n) is 9.22. The van der Waals surface area contributed by atoms with Gasteiger partial charge in [-0.1, -0.05) is 117 Å². The molecule has 0 N–H and O–H groups in total. The van der Waals surface area contributed by atoms with Crippen LogP contribution in [0.4, 0.5) is 0 Å². The van der Waals surface area contributed by atoms with Gasteiger partial charge in [-0.15, -0.1) is 0 Å². The molecule has 3 nitrogen and oxygen atoms in total. The molecule has 1 aliphatic rings. The highest BCUT2D eigenvalue weighted by atomic mass is 15.1. The minimum atomic E-state index is -0.0586. The van der Waals surface area contributed by atoms with Gasteiger partial charge >= 0.3 is 0 Å². The zero-order chi connectivity index (χ0) is 28.0. The van der Waals surface area contributed by atoms with Crippen molar-refractivity contribution in [2.24, 2.45) is 0 Å². The van der Waals surface area contributed by atoms with E-state index in [0.29, 0.717) is 0 Å². The number of benzene rings is 5. The smallest absolute Gasteiger partial charge is 0.165 e. The first-order valence-corrected chi connectivity index (χ1v) is 14.5.